The van der Waals surface area contributed by atoms with Crippen LogP contribution in [0.2, 0.25) is 0 Å². The molecule has 0 aromatic heterocycles. The number of carbonyl (C=O) groups excluding carboxylic acids is 1. The Bertz CT molecular complexity index is 480. The molecular formula is C18H28BrNO2. The van der Waals surface area contributed by atoms with E-state index in [1.165, 1.54) is 5.56 Å². The third-order valence-corrected chi connectivity index (χ3v) is 4.08. The number of amides is 1. The molecule has 1 rings (SSSR count). The van der Waals surface area contributed by atoms with E-state index < -0.39 is 0 Å². The molecule has 0 aliphatic rings. The Morgan fingerprint density at radius 2 is 2.00 bits per heavy atom. The molecule has 0 saturated heterocycles. The van der Waals surface area contributed by atoms with Crippen molar-refractivity contribution >= 4 is 21.8 Å². The van der Waals surface area contributed by atoms with Gasteiger partial charge < -0.3 is 10.1 Å². The molecule has 0 bridgehead atoms. The van der Waals surface area contributed by atoms with Gasteiger partial charge in [-0.25, -0.2) is 0 Å². The first-order valence-corrected chi connectivity index (χ1v) is 8.83. The molecule has 1 N–H and O–H groups in total. The van der Waals surface area contributed by atoms with Crippen molar-refractivity contribution in [3.63, 3.8) is 0 Å². The van der Waals surface area contributed by atoms with E-state index in [1.807, 2.05) is 6.07 Å². The molecule has 0 spiro atoms. The Kier molecular flexibility index (Phi) is 7.94. The number of carbonyl (C=O) groups is 1. The van der Waals surface area contributed by atoms with E-state index in [4.69, 9.17) is 4.74 Å². The highest BCUT2D eigenvalue weighted by atomic mass is 79.9. The average Bonchev–Trinajstić information content (AvgIpc) is 2.44. The summed E-state index contributed by atoms with van der Waals surface area (Å²) in [5.41, 5.74) is 1.39. The highest BCUT2D eigenvalue weighted by molar-refractivity contribution is 9.10. The molecule has 0 aliphatic carbocycles. The van der Waals surface area contributed by atoms with Crippen molar-refractivity contribution in [1.82, 2.24) is 5.32 Å². The average molecular weight is 370 g/mol. The van der Waals surface area contributed by atoms with Crippen LogP contribution in [0.4, 0.5) is 0 Å². The fraction of sp³-hybridized carbons (Fsp3) is 0.611. The number of ether oxygens (including phenoxy) is 1. The molecule has 1 aromatic carbocycles. The maximum absolute atomic E-state index is 11.6. The highest BCUT2D eigenvalue weighted by Gasteiger charge is 2.15. The topological polar surface area (TPSA) is 38.3 Å². The number of halogens is 1. The summed E-state index contributed by atoms with van der Waals surface area (Å²) in [6, 6.07) is 6.19. The van der Waals surface area contributed by atoms with Crippen LogP contribution in [0, 0.1) is 0 Å². The minimum atomic E-state index is 0.110. The lowest BCUT2D eigenvalue weighted by molar-refractivity contribution is -0.121. The number of benzene rings is 1. The van der Waals surface area contributed by atoms with Crippen LogP contribution in [0.15, 0.2) is 22.7 Å². The van der Waals surface area contributed by atoms with Crippen molar-refractivity contribution < 1.29 is 9.53 Å². The van der Waals surface area contributed by atoms with Gasteiger partial charge in [0.05, 0.1) is 11.1 Å². The zero-order valence-electron chi connectivity index (χ0n) is 14.2. The SMILES string of the molecule is CCCCNC(=O)CCCOc1ccc(C(C)(C)C)cc1Br. The van der Waals surface area contributed by atoms with Gasteiger partial charge in [-0.3, -0.25) is 4.79 Å². The van der Waals surface area contributed by atoms with Crippen LogP contribution in [0.3, 0.4) is 0 Å². The lowest BCUT2D eigenvalue weighted by atomic mass is 9.87. The summed E-state index contributed by atoms with van der Waals surface area (Å²) in [5, 5.41) is 2.91. The van der Waals surface area contributed by atoms with Crippen LogP contribution in [0.1, 0.15) is 58.9 Å². The zero-order valence-corrected chi connectivity index (χ0v) is 15.8. The number of hydrogen-bond donors (Lipinski definition) is 1. The van der Waals surface area contributed by atoms with Gasteiger partial charge in [0.15, 0.2) is 0 Å². The summed E-state index contributed by atoms with van der Waals surface area (Å²) in [6.07, 6.45) is 3.38. The Morgan fingerprint density at radius 3 is 2.59 bits per heavy atom. The molecule has 0 aliphatic heterocycles. The minimum absolute atomic E-state index is 0.110. The molecule has 0 radical (unpaired) electrons. The number of rotatable bonds is 8. The normalized spacial score (nSPS) is 11.3. The van der Waals surface area contributed by atoms with Gasteiger partial charge in [0.25, 0.3) is 0 Å². The summed E-state index contributed by atoms with van der Waals surface area (Å²) in [6.45, 7) is 10.00. The summed E-state index contributed by atoms with van der Waals surface area (Å²) < 4.78 is 6.72. The Balaban J connectivity index is 2.35. The maximum Gasteiger partial charge on any atom is 0.220 e. The molecular weight excluding hydrogens is 342 g/mol. The summed E-state index contributed by atoms with van der Waals surface area (Å²) in [4.78, 5) is 11.6. The van der Waals surface area contributed by atoms with Crippen molar-refractivity contribution in [1.29, 1.82) is 0 Å². The summed E-state index contributed by atoms with van der Waals surface area (Å²) >= 11 is 3.56. The van der Waals surface area contributed by atoms with Crippen molar-refractivity contribution in [2.45, 2.75) is 58.8 Å². The third-order valence-electron chi connectivity index (χ3n) is 3.46. The van der Waals surface area contributed by atoms with Gasteiger partial charge in [0.1, 0.15) is 5.75 Å². The van der Waals surface area contributed by atoms with E-state index in [0.29, 0.717) is 13.0 Å². The quantitative estimate of drug-likeness (QED) is 0.666. The van der Waals surface area contributed by atoms with E-state index in [0.717, 1.165) is 36.0 Å². The summed E-state index contributed by atoms with van der Waals surface area (Å²) in [7, 11) is 0. The van der Waals surface area contributed by atoms with Crippen LogP contribution in [0.25, 0.3) is 0 Å². The molecule has 124 valence electrons. The smallest absolute Gasteiger partial charge is 0.220 e. The molecule has 1 amide bonds. The van der Waals surface area contributed by atoms with Crippen LogP contribution >= 0.6 is 15.9 Å². The molecule has 0 unspecified atom stereocenters. The fourth-order valence-electron chi connectivity index (χ4n) is 1.99. The number of unbranched alkanes of at least 4 members (excludes halogenated alkanes) is 1. The molecule has 1 aromatic rings. The molecule has 0 atom stereocenters. The van der Waals surface area contributed by atoms with Crippen molar-refractivity contribution in [2.75, 3.05) is 13.2 Å². The summed E-state index contributed by atoms with van der Waals surface area (Å²) in [5.74, 6) is 0.943. The Hall–Kier alpha value is -1.03. The van der Waals surface area contributed by atoms with E-state index in [1.54, 1.807) is 0 Å². The predicted molar refractivity (Wildman–Crippen MR) is 95.5 cm³/mol. The molecule has 0 fully saturated rings. The van der Waals surface area contributed by atoms with Gasteiger partial charge in [0.2, 0.25) is 5.91 Å². The first-order valence-electron chi connectivity index (χ1n) is 8.04. The lowest BCUT2D eigenvalue weighted by Crippen LogP contribution is -2.24. The monoisotopic (exact) mass is 369 g/mol. The van der Waals surface area contributed by atoms with Crippen LogP contribution in [-0.2, 0) is 10.2 Å². The number of nitrogens with one attached hydrogen (secondary N) is 1. The first kappa shape index (κ1) is 19.0. The van der Waals surface area contributed by atoms with Crippen LogP contribution < -0.4 is 10.1 Å². The molecule has 0 saturated carbocycles. The second kappa shape index (κ2) is 9.19. The van der Waals surface area contributed by atoms with Gasteiger partial charge >= 0.3 is 0 Å². The largest absolute Gasteiger partial charge is 0.492 e. The highest BCUT2D eigenvalue weighted by Crippen LogP contribution is 2.31. The van der Waals surface area contributed by atoms with E-state index in [-0.39, 0.29) is 11.3 Å². The van der Waals surface area contributed by atoms with Gasteiger partial charge in [-0.15, -0.1) is 0 Å². The molecule has 22 heavy (non-hydrogen) atoms. The van der Waals surface area contributed by atoms with Crippen molar-refractivity contribution in [2.24, 2.45) is 0 Å². The van der Waals surface area contributed by atoms with Crippen LogP contribution in [-0.4, -0.2) is 19.1 Å². The molecule has 4 heteroatoms. The lowest BCUT2D eigenvalue weighted by Gasteiger charge is -2.20. The maximum atomic E-state index is 11.6. The van der Waals surface area contributed by atoms with Gasteiger partial charge in [0, 0.05) is 13.0 Å². The van der Waals surface area contributed by atoms with E-state index in [2.05, 4.69) is 61.1 Å². The second-order valence-corrected chi connectivity index (χ2v) is 7.41. The zero-order chi connectivity index (χ0) is 16.6. The standard InChI is InChI=1S/C18H28BrNO2/c1-5-6-11-20-17(21)8-7-12-22-16-10-9-14(13-15(16)19)18(2,3)4/h9-10,13H,5-8,11-12H2,1-4H3,(H,20,21). The Labute approximate surface area is 143 Å². The minimum Gasteiger partial charge on any atom is -0.492 e. The fourth-order valence-corrected chi connectivity index (χ4v) is 2.49. The predicted octanol–water partition coefficient (Wildman–Crippen LogP) is 4.82. The number of hydrogen-bond acceptors (Lipinski definition) is 2. The first-order chi connectivity index (χ1) is 10.3. The van der Waals surface area contributed by atoms with Gasteiger partial charge in [-0.2, -0.15) is 0 Å². The van der Waals surface area contributed by atoms with Gasteiger partial charge in [-0.1, -0.05) is 40.2 Å². The van der Waals surface area contributed by atoms with Gasteiger partial charge in [-0.05, 0) is 51.9 Å². The third kappa shape index (κ3) is 6.82. The van der Waals surface area contributed by atoms with E-state index in [9.17, 15) is 4.79 Å². The molecule has 3 nitrogen and oxygen atoms in total. The Morgan fingerprint density at radius 1 is 1.27 bits per heavy atom. The molecule has 0 heterocycles. The van der Waals surface area contributed by atoms with Crippen molar-refractivity contribution in [3.05, 3.63) is 28.2 Å². The van der Waals surface area contributed by atoms with Crippen molar-refractivity contribution in [3.8, 4) is 5.75 Å². The van der Waals surface area contributed by atoms with E-state index >= 15 is 0 Å². The second-order valence-electron chi connectivity index (χ2n) is 6.55. The van der Waals surface area contributed by atoms with Crippen LogP contribution in [0.5, 0.6) is 5.75 Å².